The second-order valence-electron chi connectivity index (χ2n) is 8.06. The monoisotopic (exact) mass is 309 g/mol. The lowest BCUT2D eigenvalue weighted by Gasteiger charge is -2.45. The van der Waals surface area contributed by atoms with Gasteiger partial charge < -0.3 is 10.4 Å². The van der Waals surface area contributed by atoms with Crippen molar-refractivity contribution in [1.82, 2.24) is 5.32 Å². The van der Waals surface area contributed by atoms with E-state index in [0.29, 0.717) is 28.4 Å². The first-order chi connectivity index (χ1) is 9.69. The lowest BCUT2D eigenvalue weighted by atomic mass is 9.63. The van der Waals surface area contributed by atoms with E-state index in [0.717, 1.165) is 18.4 Å². The fraction of sp³-hybridized carbons (Fsp3) is 0.667. The zero-order chi connectivity index (χ0) is 15.7. The number of rotatable bonds is 4. The Bertz CT molecular complexity index is 468. The smallest absolute Gasteiger partial charge is 0.0928 e. The van der Waals surface area contributed by atoms with E-state index in [4.69, 9.17) is 11.6 Å². The lowest BCUT2D eigenvalue weighted by Crippen LogP contribution is -2.45. The van der Waals surface area contributed by atoms with Crippen LogP contribution in [0.1, 0.15) is 58.6 Å². The van der Waals surface area contributed by atoms with Crippen LogP contribution in [0.4, 0.5) is 0 Å². The van der Waals surface area contributed by atoms with Crippen LogP contribution in [0.25, 0.3) is 0 Å². The Morgan fingerprint density at radius 2 is 1.76 bits per heavy atom. The van der Waals surface area contributed by atoms with Crippen molar-refractivity contribution in [2.75, 3.05) is 6.54 Å². The van der Waals surface area contributed by atoms with Gasteiger partial charge in [0.2, 0.25) is 0 Å². The Kier molecular flexibility index (Phi) is 5.02. The molecule has 1 aromatic carbocycles. The van der Waals surface area contributed by atoms with Crippen molar-refractivity contribution in [3.63, 3.8) is 0 Å². The van der Waals surface area contributed by atoms with Gasteiger partial charge in [-0.25, -0.2) is 0 Å². The van der Waals surface area contributed by atoms with Gasteiger partial charge >= 0.3 is 0 Å². The Morgan fingerprint density at radius 3 is 2.33 bits per heavy atom. The Morgan fingerprint density at radius 1 is 1.19 bits per heavy atom. The van der Waals surface area contributed by atoms with E-state index in [9.17, 15) is 5.11 Å². The first-order valence-electron chi connectivity index (χ1n) is 7.84. The van der Waals surface area contributed by atoms with Crippen LogP contribution in [0.5, 0.6) is 0 Å². The second kappa shape index (κ2) is 6.28. The molecule has 0 aromatic heterocycles. The number of aliphatic hydroxyl groups excluding tert-OH is 1. The molecule has 0 saturated heterocycles. The predicted molar refractivity (Wildman–Crippen MR) is 89.6 cm³/mol. The summed E-state index contributed by atoms with van der Waals surface area (Å²) in [6.45, 7) is 9.92. The highest BCUT2D eigenvalue weighted by molar-refractivity contribution is 6.31. The van der Waals surface area contributed by atoms with Gasteiger partial charge in [-0.05, 0) is 36.2 Å². The van der Waals surface area contributed by atoms with Crippen molar-refractivity contribution in [2.45, 2.75) is 59.1 Å². The molecule has 0 heterocycles. The third-order valence-electron chi connectivity index (χ3n) is 4.42. The van der Waals surface area contributed by atoms with E-state index in [1.54, 1.807) is 0 Å². The topological polar surface area (TPSA) is 32.3 Å². The molecule has 0 radical (unpaired) electrons. The average molecular weight is 310 g/mol. The minimum atomic E-state index is -0.549. The van der Waals surface area contributed by atoms with Gasteiger partial charge in [-0.3, -0.25) is 0 Å². The lowest BCUT2D eigenvalue weighted by molar-refractivity contribution is 0.0760. The maximum atomic E-state index is 10.3. The summed E-state index contributed by atoms with van der Waals surface area (Å²) in [6, 6.07) is 7.98. The molecule has 2 rings (SSSR count). The van der Waals surface area contributed by atoms with E-state index in [-0.39, 0.29) is 0 Å². The first-order valence-corrected chi connectivity index (χ1v) is 8.22. The van der Waals surface area contributed by atoms with E-state index < -0.39 is 6.10 Å². The van der Waals surface area contributed by atoms with Crippen LogP contribution < -0.4 is 5.32 Å². The summed E-state index contributed by atoms with van der Waals surface area (Å²) in [6.07, 6.45) is 3.02. The molecule has 1 aliphatic carbocycles. The van der Waals surface area contributed by atoms with Gasteiger partial charge in [0.25, 0.3) is 0 Å². The normalized spacial score (nSPS) is 23.0. The molecule has 3 heteroatoms. The number of hydrogen-bond acceptors (Lipinski definition) is 2. The number of nitrogens with one attached hydrogen (secondary N) is 1. The van der Waals surface area contributed by atoms with Crippen molar-refractivity contribution < 1.29 is 5.11 Å². The summed E-state index contributed by atoms with van der Waals surface area (Å²) < 4.78 is 0. The van der Waals surface area contributed by atoms with Crippen molar-refractivity contribution >= 4 is 11.6 Å². The van der Waals surface area contributed by atoms with Crippen LogP contribution in [-0.4, -0.2) is 17.7 Å². The first kappa shape index (κ1) is 16.8. The molecule has 1 unspecified atom stereocenters. The second-order valence-corrected chi connectivity index (χ2v) is 8.46. The van der Waals surface area contributed by atoms with Crippen LogP contribution in [-0.2, 0) is 0 Å². The number of benzene rings is 1. The Hall–Kier alpha value is -0.570. The molecule has 1 atom stereocenters. The fourth-order valence-corrected chi connectivity index (χ4v) is 4.39. The molecule has 1 saturated carbocycles. The van der Waals surface area contributed by atoms with Crippen LogP contribution in [0.2, 0.25) is 5.02 Å². The van der Waals surface area contributed by atoms with Gasteiger partial charge in [-0.1, -0.05) is 57.5 Å². The van der Waals surface area contributed by atoms with Crippen LogP contribution in [0, 0.1) is 10.8 Å². The maximum Gasteiger partial charge on any atom is 0.0928 e. The molecule has 1 aromatic rings. The summed E-state index contributed by atoms with van der Waals surface area (Å²) >= 11 is 6.14. The molecule has 0 amide bonds. The summed E-state index contributed by atoms with van der Waals surface area (Å²) in [5.74, 6) is 0. The number of aliphatic hydroxyl groups is 1. The molecule has 1 fully saturated rings. The summed E-state index contributed by atoms with van der Waals surface area (Å²) in [4.78, 5) is 0. The average Bonchev–Trinajstić information content (AvgIpc) is 2.33. The third kappa shape index (κ3) is 4.70. The molecular formula is C18H28ClNO. The fourth-order valence-electron chi connectivity index (χ4n) is 4.12. The Labute approximate surface area is 133 Å². The highest BCUT2D eigenvalue weighted by Gasteiger charge is 2.38. The highest BCUT2D eigenvalue weighted by Crippen LogP contribution is 2.45. The maximum absolute atomic E-state index is 10.3. The number of halogens is 1. The minimum absolute atomic E-state index is 0.356. The molecule has 0 spiro atoms. The van der Waals surface area contributed by atoms with Crippen LogP contribution in [0.3, 0.4) is 0 Å². The van der Waals surface area contributed by atoms with Crippen molar-refractivity contribution in [3.8, 4) is 0 Å². The van der Waals surface area contributed by atoms with Gasteiger partial charge in [0.15, 0.2) is 0 Å². The summed E-state index contributed by atoms with van der Waals surface area (Å²) in [7, 11) is 0. The molecular weight excluding hydrogens is 282 g/mol. The zero-order valence-corrected chi connectivity index (χ0v) is 14.4. The van der Waals surface area contributed by atoms with E-state index in [2.05, 4.69) is 33.0 Å². The molecule has 1 aliphatic rings. The molecule has 0 bridgehead atoms. The van der Waals surface area contributed by atoms with E-state index in [1.807, 2.05) is 24.3 Å². The van der Waals surface area contributed by atoms with Crippen molar-refractivity contribution in [3.05, 3.63) is 34.9 Å². The molecule has 2 N–H and O–H groups in total. The molecule has 21 heavy (non-hydrogen) atoms. The quantitative estimate of drug-likeness (QED) is 0.854. The third-order valence-corrected chi connectivity index (χ3v) is 4.76. The summed E-state index contributed by atoms with van der Waals surface area (Å²) in [5, 5.41) is 14.5. The zero-order valence-electron chi connectivity index (χ0n) is 13.6. The van der Waals surface area contributed by atoms with Gasteiger partial charge in [-0.15, -0.1) is 0 Å². The van der Waals surface area contributed by atoms with Gasteiger partial charge in [0.1, 0.15) is 0 Å². The Balaban J connectivity index is 1.95. The summed E-state index contributed by atoms with van der Waals surface area (Å²) in [5.41, 5.74) is 1.52. The largest absolute Gasteiger partial charge is 0.387 e. The SMILES string of the molecule is CC1(C)CC(NCC(O)c2ccccc2Cl)CC(C)(C)C1. The predicted octanol–water partition coefficient (Wildman–Crippen LogP) is 4.57. The van der Waals surface area contributed by atoms with Crippen molar-refractivity contribution in [1.29, 1.82) is 0 Å². The van der Waals surface area contributed by atoms with E-state index in [1.165, 1.54) is 6.42 Å². The minimum Gasteiger partial charge on any atom is -0.387 e. The van der Waals surface area contributed by atoms with Gasteiger partial charge in [-0.2, -0.15) is 0 Å². The van der Waals surface area contributed by atoms with Gasteiger partial charge in [0, 0.05) is 23.2 Å². The highest BCUT2D eigenvalue weighted by atomic mass is 35.5. The molecule has 0 aliphatic heterocycles. The molecule has 2 nitrogen and oxygen atoms in total. The molecule has 118 valence electrons. The van der Waals surface area contributed by atoms with Crippen molar-refractivity contribution in [2.24, 2.45) is 10.8 Å². The van der Waals surface area contributed by atoms with Crippen LogP contribution in [0.15, 0.2) is 24.3 Å². The standard InChI is InChI=1S/C18H28ClNO/c1-17(2)9-13(10-18(3,4)12-17)20-11-16(21)14-7-5-6-8-15(14)19/h5-8,13,16,20-21H,9-12H2,1-4H3. The number of hydrogen-bond donors (Lipinski definition) is 2. The van der Waals surface area contributed by atoms with E-state index >= 15 is 0 Å². The van der Waals surface area contributed by atoms with Crippen LogP contribution >= 0.6 is 11.6 Å². The van der Waals surface area contributed by atoms with Gasteiger partial charge in [0.05, 0.1) is 6.10 Å².